The molecule has 0 aliphatic carbocycles. The first-order valence-electron chi connectivity index (χ1n) is 11.4. The number of aliphatic imine (C=N–C) groups is 2. The molecule has 8 bridgehead atoms. The van der Waals surface area contributed by atoms with Crippen molar-refractivity contribution < 1.29 is 0 Å². The van der Waals surface area contributed by atoms with Crippen LogP contribution in [0.25, 0.3) is 6.08 Å². The molecule has 1 radical (unpaired) electrons. The van der Waals surface area contributed by atoms with Gasteiger partial charge in [-0.25, -0.2) is 4.99 Å². The Kier molecular flexibility index (Phi) is 5.82. The number of aromatic nitrogens is 1. The summed E-state index contributed by atoms with van der Waals surface area (Å²) in [5, 5.41) is 1.84. The Morgan fingerprint density at radius 2 is 1.89 bits per heavy atom. The van der Waals surface area contributed by atoms with Crippen LogP contribution < -0.4 is 5.32 Å². The molecule has 36 heavy (non-hydrogen) atoms. The summed E-state index contributed by atoms with van der Waals surface area (Å²) in [6, 6.07) is 3.88. The summed E-state index contributed by atoms with van der Waals surface area (Å²) >= 11 is 35.5. The molecule has 5 aliphatic rings. The fourth-order valence-corrected chi connectivity index (χ4v) is 6.56. The molecule has 10 heteroatoms. The van der Waals surface area contributed by atoms with E-state index in [-0.39, 0.29) is 0 Å². The van der Waals surface area contributed by atoms with Gasteiger partial charge in [0.1, 0.15) is 5.38 Å². The van der Waals surface area contributed by atoms with Crippen molar-refractivity contribution in [2.75, 3.05) is 13.6 Å². The minimum atomic E-state index is -1.38. The topological polar surface area (TPSA) is 55.8 Å². The highest BCUT2D eigenvalue weighted by atomic mass is 35.5. The zero-order chi connectivity index (χ0) is 25.3. The zero-order valence-electron chi connectivity index (χ0n) is 19.0. The third kappa shape index (κ3) is 3.74. The molecule has 1 saturated heterocycles. The van der Waals surface area contributed by atoms with Crippen LogP contribution in [0.4, 0.5) is 0 Å². The number of H-pyrrole nitrogens is 1. The highest BCUT2D eigenvalue weighted by Gasteiger charge is 2.56. The van der Waals surface area contributed by atoms with Gasteiger partial charge in [0.05, 0.1) is 22.5 Å². The SMILES string of the molecule is CN1C=CC(C2(Cl)c3ccc([nH]3)C=C3C=CC(=N3)C=C3[CH]C(Cl)C(Cl)(N3)C(Cl)C3=NC2(Cl)C=C3)=CC1. The molecule has 5 unspecified atom stereocenters. The van der Waals surface area contributed by atoms with Gasteiger partial charge in [-0.3, -0.25) is 4.99 Å². The number of rotatable bonds is 1. The maximum atomic E-state index is 7.54. The smallest absolute Gasteiger partial charge is 0.181 e. The quantitative estimate of drug-likeness (QED) is 0.317. The zero-order valence-corrected chi connectivity index (χ0v) is 22.8. The molecule has 185 valence electrons. The van der Waals surface area contributed by atoms with Crippen LogP contribution in [0.15, 0.2) is 87.8 Å². The van der Waals surface area contributed by atoms with E-state index in [2.05, 4.69) is 10.3 Å². The molecular weight excluding hydrogens is 560 g/mol. The Hall–Kier alpha value is -1.89. The summed E-state index contributed by atoms with van der Waals surface area (Å²) in [4.78, 5) is 11.2. The van der Waals surface area contributed by atoms with E-state index in [1.807, 2.05) is 73.2 Å². The largest absolute Gasteiger partial charge is 0.377 e. The van der Waals surface area contributed by atoms with Crippen LogP contribution in [-0.2, 0) is 4.87 Å². The van der Waals surface area contributed by atoms with Crippen molar-refractivity contribution in [2.24, 2.45) is 9.98 Å². The number of fused-ring (bicyclic) bond motifs is 6. The summed E-state index contributed by atoms with van der Waals surface area (Å²) in [5.74, 6) is 0. The van der Waals surface area contributed by atoms with Crippen molar-refractivity contribution in [1.82, 2.24) is 15.2 Å². The number of likely N-dealkylation sites (N-methyl/N-ethyl adjacent to an activating group) is 1. The maximum absolute atomic E-state index is 7.54. The van der Waals surface area contributed by atoms with Crippen LogP contribution in [0.2, 0.25) is 0 Å². The lowest BCUT2D eigenvalue weighted by Gasteiger charge is -2.39. The van der Waals surface area contributed by atoms with Gasteiger partial charge in [0, 0.05) is 37.1 Å². The van der Waals surface area contributed by atoms with E-state index in [1.54, 1.807) is 12.2 Å². The van der Waals surface area contributed by atoms with Crippen molar-refractivity contribution in [1.29, 1.82) is 0 Å². The van der Waals surface area contributed by atoms with Gasteiger partial charge < -0.3 is 15.2 Å². The number of nitrogens with zero attached hydrogens (tertiary/aromatic N) is 3. The van der Waals surface area contributed by atoms with E-state index in [4.69, 9.17) is 68.0 Å². The molecule has 1 aromatic rings. The third-order valence-corrected chi connectivity index (χ3v) is 9.93. The van der Waals surface area contributed by atoms with Crippen molar-refractivity contribution >= 4 is 75.5 Å². The number of alkyl halides is 5. The average molecular weight is 581 g/mol. The molecule has 1 aromatic heterocycles. The van der Waals surface area contributed by atoms with E-state index in [1.165, 1.54) is 0 Å². The van der Waals surface area contributed by atoms with Gasteiger partial charge >= 0.3 is 0 Å². The first-order chi connectivity index (χ1) is 17.1. The van der Waals surface area contributed by atoms with Gasteiger partial charge in [0.15, 0.2) is 14.9 Å². The molecule has 0 aromatic carbocycles. The minimum Gasteiger partial charge on any atom is -0.377 e. The van der Waals surface area contributed by atoms with Gasteiger partial charge in [-0.2, -0.15) is 0 Å². The Morgan fingerprint density at radius 1 is 1.06 bits per heavy atom. The number of allylic oxidation sites excluding steroid dienone is 6. The van der Waals surface area contributed by atoms with Crippen LogP contribution >= 0.6 is 58.0 Å². The lowest BCUT2D eigenvalue weighted by molar-refractivity contribution is 0.486. The predicted octanol–water partition coefficient (Wildman–Crippen LogP) is 5.99. The van der Waals surface area contributed by atoms with Crippen molar-refractivity contribution in [3.8, 4) is 0 Å². The minimum absolute atomic E-state index is 0.483. The number of halogens is 5. The monoisotopic (exact) mass is 578 g/mol. The second-order valence-corrected chi connectivity index (χ2v) is 12.0. The van der Waals surface area contributed by atoms with E-state index >= 15 is 0 Å². The lowest BCUT2D eigenvalue weighted by Crippen LogP contribution is -2.51. The molecule has 2 N–H and O–H groups in total. The summed E-state index contributed by atoms with van der Waals surface area (Å²) in [6.07, 6.45) is 19.0. The second kappa shape index (κ2) is 8.57. The normalized spacial score (nSPS) is 36.8. The standard InChI is InChI=1S/C26H21Cl5N5/c1-36-10-7-15(8-11-36)25(30)22-5-4-18(33-22)12-16-2-3-17(32-16)13-19-14-21(27)26(31,34-19)23(28)20-6-9-24(25,29)35-20/h2-10,12-14,21,23,33-34H,11H2,1H3. The van der Waals surface area contributed by atoms with E-state index in [0.717, 1.165) is 28.4 Å². The first kappa shape index (κ1) is 24.4. The lowest BCUT2D eigenvalue weighted by atomic mass is 9.85. The van der Waals surface area contributed by atoms with Gasteiger partial charge in [-0.05, 0) is 66.4 Å². The fourth-order valence-electron chi connectivity index (χ4n) is 4.86. The Bertz CT molecular complexity index is 1380. The van der Waals surface area contributed by atoms with Crippen molar-refractivity contribution in [3.05, 3.63) is 95.6 Å². The van der Waals surface area contributed by atoms with Crippen molar-refractivity contribution in [3.63, 3.8) is 0 Å². The highest BCUT2D eigenvalue weighted by molar-refractivity contribution is 6.46. The molecule has 6 heterocycles. The summed E-state index contributed by atoms with van der Waals surface area (Å²) in [6.45, 7) is 0.680. The first-order valence-corrected chi connectivity index (χ1v) is 13.4. The highest BCUT2D eigenvalue weighted by Crippen LogP contribution is 2.54. The number of hydrogen-bond acceptors (Lipinski definition) is 4. The summed E-state index contributed by atoms with van der Waals surface area (Å²) in [7, 11) is 1.99. The van der Waals surface area contributed by atoms with Gasteiger partial charge in [0.2, 0.25) is 0 Å². The van der Waals surface area contributed by atoms with Gasteiger partial charge in [0.25, 0.3) is 0 Å². The Balaban J connectivity index is 1.55. The van der Waals surface area contributed by atoms with E-state index in [9.17, 15) is 0 Å². The van der Waals surface area contributed by atoms with Crippen LogP contribution in [0, 0.1) is 6.42 Å². The Morgan fingerprint density at radius 3 is 2.67 bits per heavy atom. The fraction of sp³-hybridized carbons (Fsp3) is 0.269. The van der Waals surface area contributed by atoms with Gasteiger partial charge in [-0.1, -0.05) is 29.3 Å². The van der Waals surface area contributed by atoms with Crippen molar-refractivity contribution in [2.45, 2.75) is 25.6 Å². The van der Waals surface area contributed by atoms with E-state index < -0.39 is 25.6 Å². The maximum Gasteiger partial charge on any atom is 0.181 e. The molecule has 0 saturated carbocycles. The van der Waals surface area contributed by atoms with Crippen LogP contribution in [-0.4, -0.2) is 55.7 Å². The second-order valence-electron chi connectivity index (χ2n) is 9.31. The third-order valence-electron chi connectivity index (χ3n) is 6.82. The van der Waals surface area contributed by atoms with Crippen LogP contribution in [0.3, 0.4) is 0 Å². The molecular formula is C26H21Cl5N5. The number of nitrogens with one attached hydrogen (secondary N) is 2. The van der Waals surface area contributed by atoms with Crippen LogP contribution in [0.1, 0.15) is 11.4 Å². The molecule has 5 atom stereocenters. The predicted molar refractivity (Wildman–Crippen MR) is 151 cm³/mol. The molecule has 5 aliphatic heterocycles. The number of aromatic amines is 1. The molecule has 0 spiro atoms. The average Bonchev–Trinajstić information content (AvgIpc) is 3.63. The van der Waals surface area contributed by atoms with Gasteiger partial charge in [-0.15, -0.1) is 34.8 Å². The number of hydrogen-bond donors (Lipinski definition) is 2. The van der Waals surface area contributed by atoms with Crippen LogP contribution in [0.5, 0.6) is 0 Å². The Labute approximate surface area is 234 Å². The molecule has 6 rings (SSSR count). The molecule has 1 fully saturated rings. The van der Waals surface area contributed by atoms with E-state index in [0.29, 0.717) is 18.0 Å². The molecule has 0 amide bonds. The summed E-state index contributed by atoms with van der Waals surface area (Å²) in [5.41, 5.74) is 5.10. The molecule has 5 nitrogen and oxygen atoms in total. The summed E-state index contributed by atoms with van der Waals surface area (Å²) < 4.78 is 0.